The molecule has 1 saturated heterocycles. The molecule has 1 aliphatic heterocycles. The molecule has 4 rings (SSSR count). The van der Waals surface area contributed by atoms with E-state index in [0.717, 1.165) is 56.8 Å². The predicted octanol–water partition coefficient (Wildman–Crippen LogP) is 5.13. The summed E-state index contributed by atoms with van der Waals surface area (Å²) in [5, 5.41) is 3.09. The van der Waals surface area contributed by atoms with Gasteiger partial charge in [0.05, 0.1) is 12.8 Å². The number of ether oxygens (including phenoxy) is 1. The zero-order valence-corrected chi connectivity index (χ0v) is 18.5. The molecule has 2 aromatic rings. The van der Waals surface area contributed by atoms with Gasteiger partial charge in [-0.25, -0.2) is 0 Å². The zero-order valence-electron chi connectivity index (χ0n) is 18.5. The van der Waals surface area contributed by atoms with Crippen LogP contribution in [0.1, 0.15) is 44.2 Å². The van der Waals surface area contributed by atoms with Crippen LogP contribution in [0, 0.1) is 17.3 Å². The van der Waals surface area contributed by atoms with Crippen LogP contribution >= 0.6 is 0 Å². The molecule has 160 valence electrons. The molecule has 1 heterocycles. The minimum absolute atomic E-state index is 0.139. The van der Waals surface area contributed by atoms with Crippen LogP contribution < -0.4 is 10.1 Å². The van der Waals surface area contributed by atoms with Gasteiger partial charge in [-0.05, 0) is 73.4 Å². The Morgan fingerprint density at radius 1 is 1.10 bits per heavy atom. The molecule has 1 spiro atoms. The highest BCUT2D eigenvalue weighted by molar-refractivity contribution is 5.96. The predicted molar refractivity (Wildman–Crippen MR) is 122 cm³/mol. The second-order valence-electron chi connectivity index (χ2n) is 9.50. The minimum atomic E-state index is 0.139. The fourth-order valence-corrected chi connectivity index (χ4v) is 4.91. The number of carbonyl (C=O) groups is 1. The Morgan fingerprint density at radius 3 is 2.43 bits per heavy atom. The van der Waals surface area contributed by atoms with Gasteiger partial charge in [-0.1, -0.05) is 50.2 Å². The Bertz CT molecular complexity index is 867. The van der Waals surface area contributed by atoms with Gasteiger partial charge in [0.25, 0.3) is 0 Å². The molecule has 30 heavy (non-hydrogen) atoms. The second kappa shape index (κ2) is 8.81. The van der Waals surface area contributed by atoms with E-state index in [0.29, 0.717) is 5.92 Å². The summed E-state index contributed by atoms with van der Waals surface area (Å²) in [6.07, 6.45) is 4.39. The molecule has 1 saturated carbocycles. The lowest BCUT2D eigenvalue weighted by Crippen LogP contribution is -2.35. The monoisotopic (exact) mass is 406 g/mol. The number of para-hydroxylation sites is 2. The molecule has 0 bridgehead atoms. The number of nitrogens with one attached hydrogen (secondary N) is 1. The molecule has 1 atom stereocenters. The number of methoxy groups -OCH3 is 1. The van der Waals surface area contributed by atoms with Crippen molar-refractivity contribution in [1.29, 1.82) is 0 Å². The molecule has 1 aliphatic carbocycles. The number of carbonyl (C=O) groups excluding carboxylic acids is 1. The van der Waals surface area contributed by atoms with Crippen molar-refractivity contribution >= 4 is 11.6 Å². The van der Waals surface area contributed by atoms with Gasteiger partial charge in [0.2, 0.25) is 5.91 Å². The lowest BCUT2D eigenvalue weighted by molar-refractivity contribution is -0.118. The SMILES string of the molecule is COc1ccccc1NC(=O)[C@@H]1CC12CCN(Cc1ccc(CC(C)C)cc1)CC2. The Morgan fingerprint density at radius 2 is 1.77 bits per heavy atom. The lowest BCUT2D eigenvalue weighted by atomic mass is 9.90. The van der Waals surface area contributed by atoms with Crippen LogP contribution in [0.2, 0.25) is 0 Å². The lowest BCUT2D eigenvalue weighted by Gasteiger charge is -2.33. The van der Waals surface area contributed by atoms with Crippen LogP contribution in [0.15, 0.2) is 48.5 Å². The van der Waals surface area contributed by atoms with E-state index in [4.69, 9.17) is 4.74 Å². The number of hydrogen-bond acceptors (Lipinski definition) is 3. The van der Waals surface area contributed by atoms with E-state index in [1.807, 2.05) is 24.3 Å². The summed E-state index contributed by atoms with van der Waals surface area (Å²) in [4.78, 5) is 15.4. The zero-order chi connectivity index (χ0) is 21.1. The third-order valence-electron chi connectivity index (χ3n) is 6.80. The van der Waals surface area contributed by atoms with E-state index in [1.165, 1.54) is 11.1 Å². The average molecular weight is 407 g/mol. The number of amides is 1. The number of benzene rings is 2. The van der Waals surface area contributed by atoms with Gasteiger partial charge in [-0.15, -0.1) is 0 Å². The molecule has 0 unspecified atom stereocenters. The molecule has 0 radical (unpaired) electrons. The minimum Gasteiger partial charge on any atom is -0.495 e. The normalized spacial score (nSPS) is 20.3. The van der Waals surface area contributed by atoms with Gasteiger partial charge in [0, 0.05) is 12.5 Å². The third-order valence-corrected chi connectivity index (χ3v) is 6.80. The first kappa shape index (κ1) is 20.9. The number of likely N-dealkylation sites (tertiary alicyclic amines) is 1. The summed E-state index contributed by atoms with van der Waals surface area (Å²) in [7, 11) is 1.64. The van der Waals surface area contributed by atoms with Crippen LogP contribution in [-0.4, -0.2) is 31.0 Å². The first-order valence-electron chi connectivity index (χ1n) is 11.2. The molecule has 4 nitrogen and oxygen atoms in total. The Balaban J connectivity index is 1.27. The molecule has 0 aromatic heterocycles. The topological polar surface area (TPSA) is 41.6 Å². The standard InChI is InChI=1S/C26H34N2O2/c1-19(2)16-20-8-10-21(11-9-20)18-28-14-12-26(13-15-28)17-22(26)25(29)27-23-6-4-5-7-24(23)30-3/h4-11,19,22H,12-18H2,1-3H3,(H,27,29)/t22-/m0/s1. The number of nitrogens with zero attached hydrogens (tertiary/aromatic N) is 1. The van der Waals surface area contributed by atoms with Crippen LogP contribution in [0.25, 0.3) is 0 Å². The quantitative estimate of drug-likeness (QED) is 0.693. The maximum atomic E-state index is 12.8. The smallest absolute Gasteiger partial charge is 0.228 e. The molecule has 2 aromatic carbocycles. The van der Waals surface area contributed by atoms with Crippen LogP contribution in [-0.2, 0) is 17.8 Å². The maximum Gasteiger partial charge on any atom is 0.228 e. The van der Waals surface area contributed by atoms with Gasteiger partial charge in [0.15, 0.2) is 0 Å². The molecule has 2 fully saturated rings. The first-order chi connectivity index (χ1) is 14.5. The van der Waals surface area contributed by atoms with Crippen LogP contribution in [0.5, 0.6) is 5.75 Å². The van der Waals surface area contributed by atoms with E-state index in [9.17, 15) is 4.79 Å². The second-order valence-corrected chi connectivity index (χ2v) is 9.50. The van der Waals surface area contributed by atoms with E-state index in [2.05, 4.69) is 48.3 Å². The summed E-state index contributed by atoms with van der Waals surface area (Å²) in [5.74, 6) is 1.70. The van der Waals surface area contributed by atoms with Crippen molar-refractivity contribution in [2.24, 2.45) is 17.3 Å². The van der Waals surface area contributed by atoms with Crippen molar-refractivity contribution in [3.05, 3.63) is 59.7 Å². The highest BCUT2D eigenvalue weighted by Gasteiger charge is 2.58. The average Bonchev–Trinajstić information content (AvgIpc) is 3.45. The van der Waals surface area contributed by atoms with Gasteiger partial charge >= 0.3 is 0 Å². The van der Waals surface area contributed by atoms with Crippen molar-refractivity contribution in [3.8, 4) is 5.75 Å². The van der Waals surface area contributed by atoms with Crippen LogP contribution in [0.4, 0.5) is 5.69 Å². The van der Waals surface area contributed by atoms with E-state index in [-0.39, 0.29) is 17.2 Å². The van der Waals surface area contributed by atoms with Crippen molar-refractivity contribution in [2.45, 2.75) is 46.1 Å². The number of anilines is 1. The summed E-state index contributed by atoms with van der Waals surface area (Å²) >= 11 is 0. The van der Waals surface area contributed by atoms with Crippen LogP contribution in [0.3, 0.4) is 0 Å². The number of hydrogen-bond donors (Lipinski definition) is 1. The Kier molecular flexibility index (Phi) is 6.14. The molecular weight excluding hydrogens is 372 g/mol. The van der Waals surface area contributed by atoms with Gasteiger partial charge in [-0.2, -0.15) is 0 Å². The third kappa shape index (κ3) is 4.70. The molecule has 4 heteroatoms. The van der Waals surface area contributed by atoms with Crippen molar-refractivity contribution in [1.82, 2.24) is 4.90 Å². The largest absolute Gasteiger partial charge is 0.495 e. The van der Waals surface area contributed by atoms with Crippen molar-refractivity contribution in [2.75, 3.05) is 25.5 Å². The number of piperidine rings is 1. The fraction of sp³-hybridized carbons (Fsp3) is 0.500. The van der Waals surface area contributed by atoms with Gasteiger partial charge < -0.3 is 10.1 Å². The highest BCUT2D eigenvalue weighted by Crippen LogP contribution is 2.59. The summed E-state index contributed by atoms with van der Waals surface area (Å²) in [6, 6.07) is 16.7. The van der Waals surface area contributed by atoms with E-state index < -0.39 is 0 Å². The molecule has 1 N–H and O–H groups in total. The summed E-state index contributed by atoms with van der Waals surface area (Å²) in [6.45, 7) is 7.69. The van der Waals surface area contributed by atoms with Crippen molar-refractivity contribution < 1.29 is 9.53 Å². The fourth-order valence-electron chi connectivity index (χ4n) is 4.91. The Hall–Kier alpha value is -2.33. The van der Waals surface area contributed by atoms with E-state index >= 15 is 0 Å². The number of rotatable bonds is 7. The van der Waals surface area contributed by atoms with Gasteiger partial charge in [-0.3, -0.25) is 9.69 Å². The van der Waals surface area contributed by atoms with Crippen molar-refractivity contribution in [3.63, 3.8) is 0 Å². The Labute approximate surface area is 180 Å². The first-order valence-corrected chi connectivity index (χ1v) is 11.2. The summed E-state index contributed by atoms with van der Waals surface area (Å²) in [5.41, 5.74) is 3.79. The van der Waals surface area contributed by atoms with E-state index in [1.54, 1.807) is 7.11 Å². The molecule has 2 aliphatic rings. The van der Waals surface area contributed by atoms with Gasteiger partial charge in [0.1, 0.15) is 5.75 Å². The molecule has 1 amide bonds. The maximum absolute atomic E-state index is 12.8. The molecular formula is C26H34N2O2. The summed E-state index contributed by atoms with van der Waals surface area (Å²) < 4.78 is 5.36. The highest BCUT2D eigenvalue weighted by atomic mass is 16.5.